The van der Waals surface area contributed by atoms with Crippen molar-refractivity contribution < 1.29 is 23.5 Å². The summed E-state index contributed by atoms with van der Waals surface area (Å²) in [5.74, 6) is -0.318. The molecule has 0 aliphatic carbocycles. The van der Waals surface area contributed by atoms with Crippen LogP contribution < -0.4 is 15.1 Å². The van der Waals surface area contributed by atoms with Gasteiger partial charge in [-0.3, -0.25) is 10.0 Å². The summed E-state index contributed by atoms with van der Waals surface area (Å²) >= 11 is 0. The van der Waals surface area contributed by atoms with Crippen LogP contribution in [-0.2, 0) is 10.0 Å². The van der Waals surface area contributed by atoms with Gasteiger partial charge >= 0.3 is 0 Å². The predicted octanol–water partition coefficient (Wildman–Crippen LogP) is 1.06. The van der Waals surface area contributed by atoms with Gasteiger partial charge in [0, 0.05) is 32.0 Å². The molecule has 4 rings (SSSR count). The smallest absolute Gasteiger partial charge is 0.277 e. The predicted molar refractivity (Wildman–Crippen MR) is 117 cm³/mol. The first-order chi connectivity index (χ1) is 15.3. The van der Waals surface area contributed by atoms with Crippen LogP contribution in [-0.4, -0.2) is 59.8 Å². The summed E-state index contributed by atoms with van der Waals surface area (Å²) < 4.78 is 28.0. The van der Waals surface area contributed by atoms with E-state index in [9.17, 15) is 18.3 Å². The van der Waals surface area contributed by atoms with Crippen molar-refractivity contribution in [1.82, 2.24) is 20.2 Å². The third-order valence-electron chi connectivity index (χ3n) is 5.60. The highest BCUT2D eigenvalue weighted by atomic mass is 32.2. The fourth-order valence-electron chi connectivity index (χ4n) is 3.61. The van der Waals surface area contributed by atoms with E-state index in [1.807, 2.05) is 29.2 Å². The average Bonchev–Trinajstić information content (AvgIpc) is 2.83. The minimum atomic E-state index is -3.78. The highest BCUT2D eigenvalue weighted by Crippen LogP contribution is 2.25. The number of hydrogen-bond donors (Lipinski definition) is 4. The van der Waals surface area contributed by atoms with Crippen molar-refractivity contribution in [2.24, 2.45) is 0 Å². The van der Waals surface area contributed by atoms with Crippen LogP contribution in [0.3, 0.4) is 0 Å². The molecule has 11 heteroatoms. The van der Waals surface area contributed by atoms with Crippen LogP contribution in [0.15, 0.2) is 59.8 Å². The number of nitrogens with zero attached hydrogens (tertiary/aromatic N) is 3. The van der Waals surface area contributed by atoms with E-state index in [2.05, 4.69) is 14.7 Å². The Bertz CT molecular complexity index is 1220. The minimum absolute atomic E-state index is 0.105. The van der Waals surface area contributed by atoms with E-state index in [1.165, 1.54) is 17.9 Å². The van der Waals surface area contributed by atoms with E-state index in [1.54, 1.807) is 18.2 Å². The Morgan fingerprint density at radius 3 is 2.38 bits per heavy atom. The number of hydrogen-bond acceptors (Lipinski definition) is 8. The van der Waals surface area contributed by atoms with Gasteiger partial charge in [0.25, 0.3) is 5.91 Å². The molecule has 0 radical (unpaired) electrons. The molecule has 1 amide bonds. The molecule has 1 aromatic heterocycles. The summed E-state index contributed by atoms with van der Waals surface area (Å²) in [5, 5.41) is 21.3. The molecule has 1 fully saturated rings. The third-order valence-corrected chi connectivity index (χ3v) is 7.00. The number of hydroxylamine groups is 1. The number of aromatic nitrogens is 2. The second-order valence-corrected chi connectivity index (χ2v) is 9.52. The molecule has 3 aromatic rings. The number of sulfonamides is 1. The van der Waals surface area contributed by atoms with Crippen LogP contribution in [0, 0.1) is 0 Å². The largest absolute Gasteiger partial charge is 0.388 e. The first-order valence-corrected chi connectivity index (χ1v) is 11.5. The topological polar surface area (TPSA) is 145 Å². The minimum Gasteiger partial charge on any atom is -0.388 e. The van der Waals surface area contributed by atoms with E-state index in [4.69, 9.17) is 5.21 Å². The van der Waals surface area contributed by atoms with Crippen molar-refractivity contribution in [2.75, 3.05) is 24.5 Å². The van der Waals surface area contributed by atoms with Crippen LogP contribution in [0.4, 0.5) is 5.95 Å². The van der Waals surface area contributed by atoms with E-state index in [-0.39, 0.29) is 17.0 Å². The molecule has 32 heavy (non-hydrogen) atoms. The molecule has 168 valence electrons. The Morgan fingerprint density at radius 2 is 1.72 bits per heavy atom. The number of rotatable bonds is 6. The van der Waals surface area contributed by atoms with Crippen LogP contribution in [0.2, 0.25) is 0 Å². The van der Waals surface area contributed by atoms with Gasteiger partial charge in [0.2, 0.25) is 16.0 Å². The van der Waals surface area contributed by atoms with E-state index >= 15 is 0 Å². The SMILES string of the molecule is O=C(NO)c1cnc(N2CCC(O)(CNS(=O)(=O)c3ccc4ccccc4c3)CC2)nc1. The standard InChI is InChI=1S/C21H23N5O5S/c27-19(25-29)17-12-22-20(23-13-17)26-9-7-21(28,8-10-26)14-24-32(30,31)18-6-5-15-3-1-2-4-16(15)11-18/h1-6,11-13,24,28-29H,7-10,14H2,(H,25,27). The van der Waals surface area contributed by atoms with Crippen LogP contribution in [0.25, 0.3) is 10.8 Å². The second-order valence-electron chi connectivity index (χ2n) is 7.76. The van der Waals surface area contributed by atoms with E-state index in [0.29, 0.717) is 31.9 Å². The Labute approximate surface area is 184 Å². The third kappa shape index (κ3) is 4.70. The second kappa shape index (κ2) is 8.79. The summed E-state index contributed by atoms with van der Waals surface area (Å²) in [6, 6.07) is 12.4. The van der Waals surface area contributed by atoms with Gasteiger partial charge in [0.15, 0.2) is 0 Å². The Kier molecular flexibility index (Phi) is 6.07. The molecule has 2 heterocycles. The molecule has 1 aliphatic rings. The molecule has 0 bridgehead atoms. The lowest BCUT2D eigenvalue weighted by Crippen LogP contribution is -2.51. The first-order valence-electron chi connectivity index (χ1n) is 10.0. The van der Waals surface area contributed by atoms with Gasteiger partial charge in [0.1, 0.15) is 0 Å². The summed E-state index contributed by atoms with van der Waals surface area (Å²) in [5.41, 5.74) is 0.437. The molecule has 0 atom stereocenters. The molecule has 1 aliphatic heterocycles. The van der Waals surface area contributed by atoms with E-state index < -0.39 is 21.5 Å². The lowest BCUT2D eigenvalue weighted by atomic mass is 9.92. The van der Waals surface area contributed by atoms with Gasteiger partial charge < -0.3 is 10.0 Å². The molecular formula is C21H23N5O5S. The highest BCUT2D eigenvalue weighted by Gasteiger charge is 2.34. The Balaban J connectivity index is 1.37. The quantitative estimate of drug-likeness (QED) is 0.318. The zero-order valence-electron chi connectivity index (χ0n) is 17.1. The number of fused-ring (bicyclic) bond motifs is 1. The molecular weight excluding hydrogens is 434 g/mol. The van der Waals surface area contributed by atoms with Crippen molar-refractivity contribution in [3.8, 4) is 0 Å². The zero-order chi connectivity index (χ0) is 22.8. The summed E-state index contributed by atoms with van der Waals surface area (Å²) in [7, 11) is -3.78. The first kappa shape index (κ1) is 22.1. The average molecular weight is 458 g/mol. The number of carbonyl (C=O) groups is 1. The maximum Gasteiger partial charge on any atom is 0.277 e. The summed E-state index contributed by atoms with van der Waals surface area (Å²) in [4.78, 5) is 21.6. The van der Waals surface area contributed by atoms with E-state index in [0.717, 1.165) is 10.8 Å². The summed E-state index contributed by atoms with van der Waals surface area (Å²) in [6.07, 6.45) is 3.23. The number of amides is 1. The van der Waals surface area contributed by atoms with Crippen molar-refractivity contribution in [1.29, 1.82) is 0 Å². The fraction of sp³-hybridized carbons (Fsp3) is 0.286. The van der Waals surface area contributed by atoms with Crippen molar-refractivity contribution in [3.05, 3.63) is 60.4 Å². The number of aliphatic hydroxyl groups is 1. The van der Waals surface area contributed by atoms with Crippen LogP contribution >= 0.6 is 0 Å². The number of carbonyl (C=O) groups excluding carboxylic acids is 1. The number of anilines is 1. The molecule has 1 saturated heterocycles. The monoisotopic (exact) mass is 457 g/mol. The van der Waals surface area contributed by atoms with Crippen molar-refractivity contribution in [3.63, 3.8) is 0 Å². The molecule has 10 nitrogen and oxygen atoms in total. The Morgan fingerprint density at radius 1 is 1.06 bits per heavy atom. The lowest BCUT2D eigenvalue weighted by Gasteiger charge is -2.38. The lowest BCUT2D eigenvalue weighted by molar-refractivity contribution is 0.0213. The molecule has 4 N–H and O–H groups in total. The van der Waals surface area contributed by atoms with Gasteiger partial charge in [-0.1, -0.05) is 30.3 Å². The van der Waals surface area contributed by atoms with Gasteiger partial charge in [0.05, 0.1) is 16.1 Å². The highest BCUT2D eigenvalue weighted by molar-refractivity contribution is 7.89. The Hall–Kier alpha value is -3.12. The number of nitrogens with one attached hydrogen (secondary N) is 2. The maximum atomic E-state index is 12.8. The summed E-state index contributed by atoms with van der Waals surface area (Å²) in [6.45, 7) is 0.728. The normalized spacial score (nSPS) is 16.1. The molecule has 0 spiro atoms. The fourth-order valence-corrected chi connectivity index (χ4v) is 4.77. The van der Waals surface area contributed by atoms with Crippen molar-refractivity contribution in [2.45, 2.75) is 23.3 Å². The molecule has 0 saturated carbocycles. The number of piperidine rings is 1. The number of benzene rings is 2. The van der Waals surface area contributed by atoms with Gasteiger partial charge in [-0.2, -0.15) is 0 Å². The maximum absolute atomic E-state index is 12.8. The molecule has 2 aromatic carbocycles. The van der Waals surface area contributed by atoms with Gasteiger partial charge in [-0.25, -0.2) is 28.6 Å². The van der Waals surface area contributed by atoms with Crippen LogP contribution in [0.5, 0.6) is 0 Å². The van der Waals surface area contributed by atoms with Gasteiger partial charge in [-0.15, -0.1) is 0 Å². The van der Waals surface area contributed by atoms with Crippen LogP contribution in [0.1, 0.15) is 23.2 Å². The van der Waals surface area contributed by atoms with Crippen molar-refractivity contribution >= 4 is 32.7 Å². The van der Waals surface area contributed by atoms with Gasteiger partial charge in [-0.05, 0) is 35.7 Å². The molecule has 0 unspecified atom stereocenters. The zero-order valence-corrected chi connectivity index (χ0v) is 17.9.